The summed E-state index contributed by atoms with van der Waals surface area (Å²) in [5.74, 6) is -0.561. The molecule has 0 amide bonds. The van der Waals surface area contributed by atoms with Gasteiger partial charge in [0, 0.05) is 5.57 Å². The van der Waals surface area contributed by atoms with E-state index in [-0.39, 0.29) is 17.1 Å². The number of aromatic hydroxyl groups is 1. The van der Waals surface area contributed by atoms with Crippen molar-refractivity contribution in [3.63, 3.8) is 0 Å². The van der Waals surface area contributed by atoms with Crippen LogP contribution in [0.2, 0.25) is 0 Å². The van der Waals surface area contributed by atoms with Crippen LogP contribution in [0, 0.1) is 0 Å². The van der Waals surface area contributed by atoms with Crippen LogP contribution in [0.3, 0.4) is 0 Å². The van der Waals surface area contributed by atoms with Crippen LogP contribution < -0.4 is 0 Å². The third-order valence-corrected chi connectivity index (χ3v) is 2.63. The molecule has 0 fully saturated rings. The van der Waals surface area contributed by atoms with Crippen LogP contribution >= 0.6 is 0 Å². The highest BCUT2D eigenvalue weighted by Gasteiger charge is 2.16. The highest BCUT2D eigenvalue weighted by atomic mass is 16.5. The molecule has 1 N–H and O–H groups in total. The fourth-order valence-corrected chi connectivity index (χ4v) is 1.68. The number of hydrogen-bond acceptors (Lipinski definition) is 4. The zero-order valence-corrected chi connectivity index (χ0v) is 9.63. The van der Waals surface area contributed by atoms with Crippen LogP contribution in [-0.2, 0) is 9.53 Å². The van der Waals surface area contributed by atoms with Crippen molar-refractivity contribution in [2.75, 3.05) is 0 Å². The molecule has 1 aliphatic rings. The molecule has 92 valence electrons. The van der Waals surface area contributed by atoms with Crippen molar-refractivity contribution in [3.05, 3.63) is 53.3 Å². The quantitative estimate of drug-likeness (QED) is 0.654. The lowest BCUT2D eigenvalue weighted by Crippen LogP contribution is -2.08. The van der Waals surface area contributed by atoms with E-state index in [0.29, 0.717) is 18.3 Å². The molecule has 0 aromatic heterocycles. The summed E-state index contributed by atoms with van der Waals surface area (Å²) in [6.45, 7) is 0. The Hall–Kier alpha value is -2.36. The number of carbonyl (C=O) groups is 2. The molecule has 0 heterocycles. The number of rotatable bonds is 3. The highest BCUT2D eigenvalue weighted by Crippen LogP contribution is 2.22. The van der Waals surface area contributed by atoms with Gasteiger partial charge in [-0.05, 0) is 31.1 Å². The van der Waals surface area contributed by atoms with Gasteiger partial charge in [-0.15, -0.1) is 0 Å². The Morgan fingerprint density at radius 2 is 2.11 bits per heavy atom. The monoisotopic (exact) mass is 244 g/mol. The Bertz CT molecular complexity index is 540. The number of hydrogen-bond donors (Lipinski definition) is 1. The molecule has 0 aliphatic heterocycles. The molecule has 0 unspecified atom stereocenters. The summed E-state index contributed by atoms with van der Waals surface area (Å²) in [4.78, 5) is 22.7. The third-order valence-electron chi connectivity index (χ3n) is 2.63. The molecule has 2 rings (SSSR count). The summed E-state index contributed by atoms with van der Waals surface area (Å²) in [6, 6.07) is 6.11. The maximum atomic E-state index is 11.8. The average molecular weight is 244 g/mol. The van der Waals surface area contributed by atoms with E-state index in [1.807, 2.05) is 6.08 Å². The Morgan fingerprint density at radius 3 is 2.83 bits per heavy atom. The summed E-state index contributed by atoms with van der Waals surface area (Å²) < 4.78 is 5.12. The summed E-state index contributed by atoms with van der Waals surface area (Å²) in [7, 11) is 0. The molecule has 1 aromatic rings. The predicted octanol–water partition coefficient (Wildman–Crippen LogP) is 2.35. The zero-order chi connectivity index (χ0) is 13.0. The van der Waals surface area contributed by atoms with Gasteiger partial charge in [0.05, 0.1) is 0 Å². The maximum Gasteiger partial charge on any atom is 0.347 e. The number of ether oxygens (including phenoxy) is 1. The molecule has 18 heavy (non-hydrogen) atoms. The van der Waals surface area contributed by atoms with Gasteiger partial charge in [0.1, 0.15) is 23.4 Å². The molecule has 1 aromatic carbocycles. The number of benzene rings is 1. The molecular formula is C14H12O4. The molecule has 0 bridgehead atoms. The summed E-state index contributed by atoms with van der Waals surface area (Å²) in [6.07, 6.45) is 5.44. The highest BCUT2D eigenvalue weighted by molar-refractivity contribution is 5.93. The number of esters is 1. The first-order chi connectivity index (χ1) is 8.72. The Balaban J connectivity index is 2.22. The second-order valence-corrected chi connectivity index (χ2v) is 3.86. The standard InChI is InChI=1S/C14H12O4/c15-9-10-5-1-4-8-13(10)18-14(17)11-6-2-3-7-12(11)16/h2-4,6-9,16H,1,5H2. The van der Waals surface area contributed by atoms with Gasteiger partial charge in [0.15, 0.2) is 0 Å². The molecule has 4 heteroatoms. The average Bonchev–Trinajstić information content (AvgIpc) is 2.39. The van der Waals surface area contributed by atoms with Crippen molar-refractivity contribution >= 4 is 12.3 Å². The lowest BCUT2D eigenvalue weighted by atomic mass is 10.1. The smallest absolute Gasteiger partial charge is 0.347 e. The summed E-state index contributed by atoms with van der Waals surface area (Å²) in [5.41, 5.74) is 0.537. The Labute approximate surface area is 104 Å². The number of phenolic OH excluding ortho intramolecular Hbond substituents is 1. The third kappa shape index (κ3) is 2.48. The van der Waals surface area contributed by atoms with Crippen molar-refractivity contribution in [2.45, 2.75) is 12.8 Å². The molecule has 0 spiro atoms. The predicted molar refractivity (Wildman–Crippen MR) is 65.0 cm³/mol. The van der Waals surface area contributed by atoms with Crippen LogP contribution in [0.4, 0.5) is 0 Å². The normalized spacial score (nSPS) is 14.4. The van der Waals surface area contributed by atoms with Gasteiger partial charge >= 0.3 is 5.97 Å². The van der Waals surface area contributed by atoms with Gasteiger partial charge in [0.25, 0.3) is 0 Å². The van der Waals surface area contributed by atoms with Gasteiger partial charge in [-0.25, -0.2) is 4.79 Å². The van der Waals surface area contributed by atoms with Gasteiger partial charge in [-0.3, -0.25) is 4.79 Å². The van der Waals surface area contributed by atoms with Gasteiger partial charge in [0.2, 0.25) is 0 Å². The molecule has 0 saturated heterocycles. The topological polar surface area (TPSA) is 63.6 Å². The van der Waals surface area contributed by atoms with Crippen LogP contribution in [-0.4, -0.2) is 17.4 Å². The van der Waals surface area contributed by atoms with E-state index < -0.39 is 5.97 Å². The minimum Gasteiger partial charge on any atom is -0.507 e. The first-order valence-electron chi connectivity index (χ1n) is 5.57. The van der Waals surface area contributed by atoms with Gasteiger partial charge in [-0.2, -0.15) is 0 Å². The van der Waals surface area contributed by atoms with Crippen LogP contribution in [0.15, 0.2) is 47.7 Å². The van der Waals surface area contributed by atoms with E-state index in [4.69, 9.17) is 4.74 Å². The van der Waals surface area contributed by atoms with Crippen molar-refractivity contribution in [2.24, 2.45) is 0 Å². The van der Waals surface area contributed by atoms with Crippen LogP contribution in [0.25, 0.3) is 0 Å². The molecule has 0 atom stereocenters. The Morgan fingerprint density at radius 1 is 1.33 bits per heavy atom. The first kappa shape index (κ1) is 12.1. The van der Waals surface area contributed by atoms with E-state index in [2.05, 4.69) is 0 Å². The minimum absolute atomic E-state index is 0.0780. The maximum absolute atomic E-state index is 11.8. The van der Waals surface area contributed by atoms with Crippen molar-refractivity contribution in [3.8, 4) is 5.75 Å². The lowest BCUT2D eigenvalue weighted by Gasteiger charge is -2.12. The first-order valence-corrected chi connectivity index (χ1v) is 5.57. The van der Waals surface area contributed by atoms with Crippen molar-refractivity contribution < 1.29 is 19.4 Å². The van der Waals surface area contributed by atoms with Crippen LogP contribution in [0.1, 0.15) is 23.2 Å². The van der Waals surface area contributed by atoms with E-state index in [1.54, 1.807) is 18.2 Å². The van der Waals surface area contributed by atoms with E-state index in [1.165, 1.54) is 12.1 Å². The number of aldehydes is 1. The summed E-state index contributed by atoms with van der Waals surface area (Å²) >= 11 is 0. The fraction of sp³-hybridized carbons (Fsp3) is 0.143. The molecule has 0 radical (unpaired) electrons. The summed E-state index contributed by atoms with van der Waals surface area (Å²) in [5, 5.41) is 9.53. The second-order valence-electron chi connectivity index (χ2n) is 3.86. The number of phenols is 1. The van der Waals surface area contributed by atoms with Crippen molar-refractivity contribution in [1.29, 1.82) is 0 Å². The zero-order valence-electron chi connectivity index (χ0n) is 9.63. The van der Waals surface area contributed by atoms with Gasteiger partial charge < -0.3 is 9.84 Å². The molecule has 4 nitrogen and oxygen atoms in total. The second kappa shape index (κ2) is 5.31. The number of carbonyl (C=O) groups excluding carboxylic acids is 2. The molecule has 0 saturated carbocycles. The van der Waals surface area contributed by atoms with E-state index >= 15 is 0 Å². The molecular weight excluding hydrogens is 232 g/mol. The molecule has 1 aliphatic carbocycles. The lowest BCUT2D eigenvalue weighted by molar-refractivity contribution is -0.105. The van der Waals surface area contributed by atoms with Gasteiger partial charge in [-0.1, -0.05) is 18.2 Å². The van der Waals surface area contributed by atoms with E-state index in [0.717, 1.165) is 6.42 Å². The fourth-order valence-electron chi connectivity index (χ4n) is 1.68. The minimum atomic E-state index is -0.672. The number of para-hydroxylation sites is 1. The van der Waals surface area contributed by atoms with Crippen LogP contribution in [0.5, 0.6) is 5.75 Å². The van der Waals surface area contributed by atoms with Crippen molar-refractivity contribution in [1.82, 2.24) is 0 Å². The SMILES string of the molecule is O=CC1=C(OC(=O)c2ccccc2O)C=CCC1. The number of allylic oxidation sites excluding steroid dienone is 3. The Kier molecular flexibility index (Phi) is 3.57. The largest absolute Gasteiger partial charge is 0.507 e. The van der Waals surface area contributed by atoms with E-state index in [9.17, 15) is 14.7 Å².